The molecule has 3 rings (SSSR count). The molecule has 1 aromatic heterocycles. The maximum Gasteiger partial charge on any atom is 0.353 e. The van der Waals surface area contributed by atoms with Gasteiger partial charge in [0.1, 0.15) is 13.1 Å². The number of morpholine rings is 1. The first-order chi connectivity index (χ1) is 13.0. The van der Waals surface area contributed by atoms with Crippen LogP contribution in [0.1, 0.15) is 5.56 Å². The van der Waals surface area contributed by atoms with E-state index in [0.29, 0.717) is 12.2 Å². The molecule has 27 heavy (non-hydrogen) atoms. The summed E-state index contributed by atoms with van der Waals surface area (Å²) >= 11 is 0. The zero-order valence-corrected chi connectivity index (χ0v) is 15.2. The first kappa shape index (κ1) is 18.8. The second-order valence-corrected chi connectivity index (χ2v) is 6.42. The molecule has 10 nitrogen and oxygen atoms in total. The van der Waals surface area contributed by atoms with Gasteiger partial charge in [-0.15, -0.1) is 0 Å². The Morgan fingerprint density at radius 2 is 2.11 bits per heavy atom. The number of nitrogens with zero attached hydrogens (tertiary/aromatic N) is 3. The second-order valence-electron chi connectivity index (χ2n) is 6.42. The molecule has 0 amide bonds. The van der Waals surface area contributed by atoms with Gasteiger partial charge in [0, 0.05) is 5.69 Å². The van der Waals surface area contributed by atoms with Crippen molar-refractivity contribution in [2.75, 3.05) is 55.8 Å². The average Bonchev–Trinajstić information content (AvgIpc) is 2.62. The van der Waals surface area contributed by atoms with Gasteiger partial charge in [0.2, 0.25) is 17.6 Å². The highest BCUT2D eigenvalue weighted by Crippen LogP contribution is 2.31. The molecule has 0 bridgehead atoms. The lowest BCUT2D eigenvalue weighted by Crippen LogP contribution is -3.14. The van der Waals surface area contributed by atoms with E-state index in [2.05, 4.69) is 20.6 Å². The summed E-state index contributed by atoms with van der Waals surface area (Å²) in [6.45, 7) is 6.91. The molecular formula is C17H24N7O3+. The van der Waals surface area contributed by atoms with Gasteiger partial charge >= 0.3 is 5.69 Å². The third-order valence-corrected chi connectivity index (χ3v) is 4.34. The van der Waals surface area contributed by atoms with Crippen LogP contribution in [0.2, 0.25) is 0 Å². The van der Waals surface area contributed by atoms with Crippen LogP contribution in [0.3, 0.4) is 0 Å². The quantitative estimate of drug-likeness (QED) is 0.403. The maximum atomic E-state index is 11.4. The van der Waals surface area contributed by atoms with E-state index in [1.54, 1.807) is 0 Å². The van der Waals surface area contributed by atoms with Gasteiger partial charge in [-0.2, -0.15) is 9.97 Å². The third-order valence-electron chi connectivity index (χ3n) is 4.34. The highest BCUT2D eigenvalue weighted by molar-refractivity contribution is 5.74. The summed E-state index contributed by atoms with van der Waals surface area (Å²) in [6, 6.07) is 7.48. The number of aromatic nitrogens is 2. The number of nitrogen functional groups attached to an aromatic ring is 1. The van der Waals surface area contributed by atoms with E-state index >= 15 is 0 Å². The third kappa shape index (κ3) is 5.02. The van der Waals surface area contributed by atoms with Crippen molar-refractivity contribution in [3.63, 3.8) is 0 Å². The molecule has 1 aliphatic heterocycles. The van der Waals surface area contributed by atoms with Crippen molar-refractivity contribution in [2.24, 2.45) is 0 Å². The molecule has 2 heterocycles. The molecule has 0 radical (unpaired) electrons. The van der Waals surface area contributed by atoms with Crippen LogP contribution in [-0.4, -0.2) is 54.3 Å². The fraction of sp³-hybridized carbons (Fsp3) is 0.412. The lowest BCUT2D eigenvalue weighted by atomic mass is 10.2. The molecule has 0 spiro atoms. The summed E-state index contributed by atoms with van der Waals surface area (Å²) in [7, 11) is 0. The van der Waals surface area contributed by atoms with E-state index in [1.165, 1.54) is 4.90 Å². The Morgan fingerprint density at radius 3 is 2.81 bits per heavy atom. The van der Waals surface area contributed by atoms with Gasteiger partial charge in [-0.3, -0.25) is 10.1 Å². The Labute approximate surface area is 156 Å². The molecule has 0 saturated carbocycles. The number of quaternary nitrogens is 1. The summed E-state index contributed by atoms with van der Waals surface area (Å²) in [5.41, 5.74) is 7.21. The summed E-state index contributed by atoms with van der Waals surface area (Å²) in [6.07, 6.45) is 0. The highest BCUT2D eigenvalue weighted by Gasteiger charge is 2.23. The molecule has 144 valence electrons. The fourth-order valence-electron chi connectivity index (χ4n) is 2.94. The molecule has 1 fully saturated rings. The molecule has 1 aliphatic rings. The Hall–Kier alpha value is -2.98. The molecule has 10 heteroatoms. The van der Waals surface area contributed by atoms with Crippen LogP contribution in [0.5, 0.6) is 0 Å². The van der Waals surface area contributed by atoms with Gasteiger partial charge < -0.3 is 26.0 Å². The van der Waals surface area contributed by atoms with Crippen molar-refractivity contribution >= 4 is 29.0 Å². The summed E-state index contributed by atoms with van der Waals surface area (Å²) in [5, 5.41) is 17.5. The number of rotatable bonds is 7. The Morgan fingerprint density at radius 1 is 1.33 bits per heavy atom. The minimum Gasteiger partial charge on any atom is -0.378 e. The van der Waals surface area contributed by atoms with Crippen molar-refractivity contribution < 1.29 is 14.6 Å². The average molecular weight is 374 g/mol. The Balaban J connectivity index is 1.75. The van der Waals surface area contributed by atoms with Gasteiger partial charge in [-0.25, -0.2) is 0 Å². The molecular weight excluding hydrogens is 350 g/mol. The highest BCUT2D eigenvalue weighted by atomic mass is 16.6. The van der Waals surface area contributed by atoms with Crippen LogP contribution in [0.15, 0.2) is 24.3 Å². The van der Waals surface area contributed by atoms with Gasteiger partial charge in [-0.1, -0.05) is 12.1 Å². The summed E-state index contributed by atoms with van der Waals surface area (Å²) < 4.78 is 5.34. The monoisotopic (exact) mass is 374 g/mol. The molecule has 0 atom stereocenters. The van der Waals surface area contributed by atoms with E-state index < -0.39 is 4.92 Å². The van der Waals surface area contributed by atoms with Crippen molar-refractivity contribution in [1.82, 2.24) is 9.97 Å². The number of hydrogen-bond acceptors (Lipinski definition) is 8. The largest absolute Gasteiger partial charge is 0.378 e. The van der Waals surface area contributed by atoms with Crippen LogP contribution in [-0.2, 0) is 4.74 Å². The lowest BCUT2D eigenvalue weighted by Gasteiger charge is -2.23. The predicted molar refractivity (Wildman–Crippen MR) is 102 cm³/mol. The smallest absolute Gasteiger partial charge is 0.353 e. The molecule has 0 unspecified atom stereocenters. The molecule has 5 N–H and O–H groups in total. The number of nitrogens with one attached hydrogen (secondary N) is 3. The Kier molecular flexibility index (Phi) is 5.99. The topological polar surface area (TPSA) is 133 Å². The van der Waals surface area contributed by atoms with E-state index in [9.17, 15) is 10.1 Å². The van der Waals surface area contributed by atoms with E-state index in [1.807, 2.05) is 31.2 Å². The van der Waals surface area contributed by atoms with Crippen molar-refractivity contribution in [3.8, 4) is 0 Å². The fourth-order valence-corrected chi connectivity index (χ4v) is 2.94. The van der Waals surface area contributed by atoms with Crippen LogP contribution >= 0.6 is 0 Å². The van der Waals surface area contributed by atoms with Crippen molar-refractivity contribution in [1.29, 1.82) is 0 Å². The van der Waals surface area contributed by atoms with Crippen molar-refractivity contribution in [3.05, 3.63) is 39.9 Å². The minimum atomic E-state index is -0.574. The SMILES string of the molecule is Cc1cccc(Nc2nc(NCC[NH+]3CCOCC3)nc(N)c2[N+](=O)[O-])c1. The zero-order valence-electron chi connectivity index (χ0n) is 15.2. The zero-order chi connectivity index (χ0) is 19.2. The summed E-state index contributed by atoms with van der Waals surface area (Å²) in [4.78, 5) is 20.6. The van der Waals surface area contributed by atoms with Crippen molar-refractivity contribution in [2.45, 2.75) is 6.92 Å². The van der Waals surface area contributed by atoms with E-state index in [4.69, 9.17) is 10.5 Å². The molecule has 2 aromatic rings. The second kappa shape index (κ2) is 8.60. The Bertz CT molecular complexity index is 809. The molecule has 0 aliphatic carbocycles. The van der Waals surface area contributed by atoms with Gasteiger partial charge in [0.25, 0.3) is 0 Å². The van der Waals surface area contributed by atoms with Crippen LogP contribution in [0.4, 0.5) is 29.0 Å². The number of hydrogen-bond donors (Lipinski definition) is 4. The van der Waals surface area contributed by atoms with Gasteiger partial charge in [0.15, 0.2) is 0 Å². The van der Waals surface area contributed by atoms with E-state index in [-0.39, 0.29) is 23.3 Å². The first-order valence-corrected chi connectivity index (χ1v) is 8.83. The standard InChI is InChI=1S/C17H23N7O3/c1-12-3-2-4-13(11-12)20-16-14(24(25)26)15(18)21-17(22-16)19-5-6-23-7-9-27-10-8-23/h2-4,11H,5-10H2,1H3,(H4,18,19,20,21,22)/p+1. The number of nitro groups is 1. The number of aryl methyl sites for hydroxylation is 1. The lowest BCUT2D eigenvalue weighted by molar-refractivity contribution is -0.906. The molecule has 1 saturated heterocycles. The number of benzene rings is 1. The first-order valence-electron chi connectivity index (χ1n) is 8.83. The minimum absolute atomic E-state index is 0.0688. The van der Waals surface area contributed by atoms with Crippen LogP contribution < -0.4 is 21.3 Å². The van der Waals surface area contributed by atoms with Crippen LogP contribution in [0.25, 0.3) is 0 Å². The van der Waals surface area contributed by atoms with Crippen LogP contribution in [0, 0.1) is 17.0 Å². The maximum absolute atomic E-state index is 11.4. The van der Waals surface area contributed by atoms with E-state index in [0.717, 1.165) is 38.4 Å². The normalized spacial score (nSPS) is 14.7. The predicted octanol–water partition coefficient (Wildman–Crippen LogP) is 0.346. The number of nitrogens with two attached hydrogens (primary N) is 1. The van der Waals surface area contributed by atoms with Gasteiger partial charge in [0.05, 0.1) is 31.2 Å². The van der Waals surface area contributed by atoms with Gasteiger partial charge in [-0.05, 0) is 24.6 Å². The number of ether oxygens (including phenoxy) is 1. The summed E-state index contributed by atoms with van der Waals surface area (Å²) in [5.74, 6) is 0.159. The molecule has 1 aromatic carbocycles. The number of anilines is 4.